The van der Waals surface area contributed by atoms with Gasteiger partial charge in [0.15, 0.2) is 0 Å². The summed E-state index contributed by atoms with van der Waals surface area (Å²) in [7, 11) is -3.76. The summed E-state index contributed by atoms with van der Waals surface area (Å²) in [4.78, 5) is 27.6. The third-order valence-corrected chi connectivity index (χ3v) is 6.98. The van der Waals surface area contributed by atoms with E-state index < -0.39 is 28.5 Å². The Balaban J connectivity index is 2.39. The van der Waals surface area contributed by atoms with E-state index in [-0.39, 0.29) is 18.5 Å². The van der Waals surface area contributed by atoms with Gasteiger partial charge in [0.25, 0.3) is 0 Å². The smallest absolute Gasteiger partial charge is 0.244 e. The Kier molecular flexibility index (Phi) is 9.57. The van der Waals surface area contributed by atoms with Crippen molar-refractivity contribution in [2.24, 2.45) is 0 Å². The van der Waals surface area contributed by atoms with Gasteiger partial charge in [-0.25, -0.2) is 8.42 Å². The fraction of sp³-hybridized carbons (Fsp3) is 0.391. The van der Waals surface area contributed by atoms with Crippen LogP contribution in [0.1, 0.15) is 32.8 Å². The van der Waals surface area contributed by atoms with Gasteiger partial charge in [0.05, 0.1) is 11.9 Å². The number of nitrogens with one attached hydrogen (secondary N) is 1. The number of amides is 2. The Labute approximate surface area is 205 Å². The van der Waals surface area contributed by atoms with Crippen molar-refractivity contribution in [3.05, 3.63) is 64.1 Å². The van der Waals surface area contributed by atoms with Crippen LogP contribution < -0.4 is 9.62 Å². The lowest BCUT2D eigenvalue weighted by atomic mass is 10.1. The lowest BCUT2D eigenvalue weighted by Gasteiger charge is -2.32. The van der Waals surface area contributed by atoms with E-state index in [1.54, 1.807) is 55.5 Å². The number of hydrogen-bond acceptors (Lipinski definition) is 4. The quantitative estimate of drug-likeness (QED) is 0.518. The molecule has 180 valence electrons. The van der Waals surface area contributed by atoms with Gasteiger partial charge in [-0.15, -0.1) is 0 Å². The van der Waals surface area contributed by atoms with Gasteiger partial charge in [-0.3, -0.25) is 13.9 Å². The molecule has 0 aliphatic carbocycles. The zero-order valence-corrected chi connectivity index (χ0v) is 21.4. The number of sulfonamides is 1. The van der Waals surface area contributed by atoms with Gasteiger partial charge in [0.1, 0.15) is 12.6 Å². The summed E-state index contributed by atoms with van der Waals surface area (Å²) in [6.45, 7) is 4.96. The second kappa shape index (κ2) is 11.7. The van der Waals surface area contributed by atoms with Crippen LogP contribution in [0.25, 0.3) is 0 Å². The van der Waals surface area contributed by atoms with Crippen LogP contribution in [0.5, 0.6) is 0 Å². The van der Waals surface area contributed by atoms with Crippen molar-refractivity contribution in [3.8, 4) is 0 Å². The third-order valence-electron chi connectivity index (χ3n) is 5.25. The van der Waals surface area contributed by atoms with Crippen molar-refractivity contribution in [1.29, 1.82) is 0 Å². The molecule has 0 bridgehead atoms. The molecule has 2 aromatic carbocycles. The number of anilines is 1. The predicted molar refractivity (Wildman–Crippen MR) is 133 cm³/mol. The Hall–Kier alpha value is -2.29. The van der Waals surface area contributed by atoms with Crippen LogP contribution in [0.3, 0.4) is 0 Å². The van der Waals surface area contributed by atoms with E-state index in [2.05, 4.69) is 5.32 Å². The summed E-state index contributed by atoms with van der Waals surface area (Å²) < 4.78 is 26.0. The number of hydrogen-bond donors (Lipinski definition) is 1. The van der Waals surface area contributed by atoms with Crippen LogP contribution >= 0.6 is 23.2 Å². The maximum absolute atomic E-state index is 13.4. The lowest BCUT2D eigenvalue weighted by molar-refractivity contribution is -0.139. The molecule has 0 saturated heterocycles. The minimum atomic E-state index is -3.76. The summed E-state index contributed by atoms with van der Waals surface area (Å²) in [5.74, 6) is -0.879. The number of carbonyl (C=O) groups excluding carboxylic acids is 2. The molecule has 1 N–H and O–H groups in total. The first-order chi connectivity index (χ1) is 15.4. The Bertz CT molecular complexity index is 1080. The Morgan fingerprint density at radius 1 is 1.06 bits per heavy atom. The molecule has 2 unspecified atom stereocenters. The normalized spacial score (nSPS) is 13.2. The van der Waals surface area contributed by atoms with E-state index in [1.165, 1.54) is 4.90 Å². The molecule has 2 atom stereocenters. The summed E-state index contributed by atoms with van der Waals surface area (Å²) in [5.41, 5.74) is 0.942. The average Bonchev–Trinajstić information content (AvgIpc) is 2.76. The minimum Gasteiger partial charge on any atom is -0.352 e. The van der Waals surface area contributed by atoms with Crippen LogP contribution in [0.2, 0.25) is 10.0 Å². The summed E-state index contributed by atoms with van der Waals surface area (Å²) >= 11 is 12.3. The standard InChI is InChI=1S/C23H29Cl2N3O4S/c1-5-16(2)26-23(30)17(3)27(14-18-11-12-19(24)13-21(18)25)22(29)15-28(33(4,31)32)20-9-7-6-8-10-20/h6-13,16-17H,5,14-15H2,1-4H3,(H,26,30). The van der Waals surface area contributed by atoms with Gasteiger partial charge in [-0.1, -0.05) is 54.4 Å². The van der Waals surface area contributed by atoms with E-state index in [9.17, 15) is 18.0 Å². The minimum absolute atomic E-state index is 0.0102. The van der Waals surface area contributed by atoms with Crippen LogP contribution in [-0.2, 0) is 26.2 Å². The maximum Gasteiger partial charge on any atom is 0.244 e. The van der Waals surface area contributed by atoms with Crippen molar-refractivity contribution < 1.29 is 18.0 Å². The Morgan fingerprint density at radius 3 is 2.24 bits per heavy atom. The molecule has 0 saturated carbocycles. The molecule has 0 fully saturated rings. The highest BCUT2D eigenvalue weighted by Gasteiger charge is 2.30. The zero-order valence-electron chi connectivity index (χ0n) is 19.1. The van der Waals surface area contributed by atoms with Gasteiger partial charge >= 0.3 is 0 Å². The SMILES string of the molecule is CCC(C)NC(=O)C(C)N(Cc1ccc(Cl)cc1Cl)C(=O)CN(c1ccccc1)S(C)(=O)=O. The van der Waals surface area contributed by atoms with Gasteiger partial charge < -0.3 is 10.2 Å². The monoisotopic (exact) mass is 513 g/mol. The first-order valence-electron chi connectivity index (χ1n) is 10.5. The molecule has 2 rings (SSSR count). The first-order valence-corrected chi connectivity index (χ1v) is 13.1. The van der Waals surface area contributed by atoms with E-state index >= 15 is 0 Å². The summed E-state index contributed by atoms with van der Waals surface area (Å²) in [6, 6.07) is 12.3. The number of benzene rings is 2. The molecule has 0 aliphatic heterocycles. The van der Waals surface area contributed by atoms with Gasteiger partial charge in [0.2, 0.25) is 21.8 Å². The van der Waals surface area contributed by atoms with E-state index in [0.29, 0.717) is 21.3 Å². The van der Waals surface area contributed by atoms with Crippen molar-refractivity contribution in [2.45, 2.75) is 45.8 Å². The number of para-hydroxylation sites is 1. The van der Waals surface area contributed by atoms with Crippen molar-refractivity contribution in [2.75, 3.05) is 17.1 Å². The molecule has 0 aliphatic rings. The second-order valence-electron chi connectivity index (χ2n) is 7.86. The number of carbonyl (C=O) groups is 2. The van der Waals surface area contributed by atoms with Crippen molar-refractivity contribution in [1.82, 2.24) is 10.2 Å². The zero-order chi connectivity index (χ0) is 24.8. The number of nitrogens with zero attached hydrogens (tertiary/aromatic N) is 2. The topological polar surface area (TPSA) is 86.8 Å². The van der Waals surface area contributed by atoms with Crippen molar-refractivity contribution >= 4 is 50.7 Å². The predicted octanol–water partition coefficient (Wildman–Crippen LogP) is 4.09. The second-order valence-corrected chi connectivity index (χ2v) is 10.6. The van der Waals surface area contributed by atoms with Crippen LogP contribution in [0, 0.1) is 0 Å². The molecule has 0 aromatic heterocycles. The van der Waals surface area contributed by atoms with Gasteiger partial charge in [-0.05, 0) is 50.1 Å². The van der Waals surface area contributed by atoms with Crippen LogP contribution in [0.4, 0.5) is 5.69 Å². The molecule has 33 heavy (non-hydrogen) atoms. The largest absolute Gasteiger partial charge is 0.352 e. The van der Waals surface area contributed by atoms with E-state index in [0.717, 1.165) is 17.0 Å². The molecule has 0 radical (unpaired) electrons. The highest BCUT2D eigenvalue weighted by Crippen LogP contribution is 2.24. The van der Waals surface area contributed by atoms with Crippen molar-refractivity contribution in [3.63, 3.8) is 0 Å². The summed E-state index contributed by atoms with van der Waals surface area (Å²) in [5, 5.41) is 3.66. The molecular weight excluding hydrogens is 485 g/mol. The molecule has 7 nitrogen and oxygen atoms in total. The first kappa shape index (κ1) is 27.0. The molecular formula is C23H29Cl2N3O4S. The molecule has 0 heterocycles. The van der Waals surface area contributed by atoms with Gasteiger partial charge in [-0.2, -0.15) is 0 Å². The van der Waals surface area contributed by atoms with Crippen LogP contribution in [0.15, 0.2) is 48.5 Å². The van der Waals surface area contributed by atoms with Gasteiger partial charge in [0, 0.05) is 22.6 Å². The molecule has 10 heteroatoms. The molecule has 0 spiro atoms. The number of rotatable bonds is 10. The summed E-state index contributed by atoms with van der Waals surface area (Å²) in [6.07, 6.45) is 1.76. The van der Waals surface area contributed by atoms with E-state index in [4.69, 9.17) is 23.2 Å². The third kappa shape index (κ3) is 7.62. The fourth-order valence-corrected chi connectivity index (χ4v) is 4.41. The average molecular weight is 514 g/mol. The lowest BCUT2D eigenvalue weighted by Crippen LogP contribution is -2.52. The van der Waals surface area contributed by atoms with Crippen LogP contribution in [-0.4, -0.2) is 50.0 Å². The maximum atomic E-state index is 13.4. The van der Waals surface area contributed by atoms with E-state index in [1.807, 2.05) is 13.8 Å². The number of halogens is 2. The molecule has 2 amide bonds. The molecule has 2 aromatic rings. The highest BCUT2D eigenvalue weighted by atomic mass is 35.5. The highest BCUT2D eigenvalue weighted by molar-refractivity contribution is 7.92. The fourth-order valence-electron chi connectivity index (χ4n) is 3.09. The Morgan fingerprint density at radius 2 is 1.70 bits per heavy atom.